The molecule has 5 aromatic rings. The van der Waals surface area contributed by atoms with Crippen molar-refractivity contribution in [2.24, 2.45) is 0 Å². The smallest absolute Gasteiger partial charge is 0.410 e. The van der Waals surface area contributed by atoms with E-state index in [4.69, 9.17) is 23.4 Å². The van der Waals surface area contributed by atoms with Gasteiger partial charge in [0.1, 0.15) is 30.9 Å². The van der Waals surface area contributed by atoms with E-state index in [1.165, 1.54) is 12.0 Å². The first-order chi connectivity index (χ1) is 34.2. The molecule has 1 aliphatic rings. The zero-order chi connectivity index (χ0) is 52.1. The minimum atomic E-state index is -4.69. The number of amides is 4. The Bertz CT molecular complexity index is 2470. The molecule has 6 rings (SSSR count). The molecule has 0 bridgehead atoms. The number of nitrogens with one attached hydrogen (secondary N) is 3. The Kier molecular flexibility index (Phi) is 18.3. The molecule has 4 amide bonds. The van der Waals surface area contributed by atoms with Crippen molar-refractivity contribution < 1.29 is 55.7 Å². The number of carbonyl (C=O) groups is 4. The minimum absolute atomic E-state index is 0.0572. The van der Waals surface area contributed by atoms with E-state index in [1.807, 2.05) is 133 Å². The number of ether oxygens (including phenoxy) is 4. The van der Waals surface area contributed by atoms with Crippen molar-refractivity contribution in [1.29, 1.82) is 0 Å². The Morgan fingerprint density at radius 1 is 0.722 bits per heavy atom. The van der Waals surface area contributed by atoms with Gasteiger partial charge in [-0.05, 0) is 71.8 Å². The highest BCUT2D eigenvalue weighted by molar-refractivity contribution is 6.99. The third-order valence-electron chi connectivity index (χ3n) is 12.3. The fourth-order valence-electron chi connectivity index (χ4n) is 9.10. The second-order valence-electron chi connectivity index (χ2n) is 19.6. The van der Waals surface area contributed by atoms with Gasteiger partial charge in [-0.15, -0.1) is 0 Å². The van der Waals surface area contributed by atoms with E-state index < -0.39 is 92.7 Å². The number of halogens is 3. The van der Waals surface area contributed by atoms with Crippen molar-refractivity contribution in [3.63, 3.8) is 0 Å². The number of para-hydroxylation sites is 1. The standard InChI is InChI=1S/C55H65F3N4O9Si/c1-53(2,3)71-52(66)62-34-41(33-32-38-22-20-21-31-44(38)60-49(63)48(61-51(65)67-7)47(39-23-12-8-13-24-39)40-25-14-9-15-26-40)70-46(45(62)35-68-50(64)59-37-55(56,57)58)36-69-72(54(4,5)6,42-27-16-10-17-28-42)43-29-18-11-19-30-43/h8-31,41,45-48H,32-37H2,1-7H3,(H,59,64)(H,60,63)(H,61,65)/t41-,45-,46-,48+/m1/s1. The summed E-state index contributed by atoms with van der Waals surface area (Å²) in [5.41, 5.74) is 1.81. The normalized spacial score (nSPS) is 16.8. The highest BCUT2D eigenvalue weighted by atomic mass is 28.4. The number of nitrogens with zero attached hydrogens (tertiary/aromatic N) is 1. The molecule has 1 heterocycles. The van der Waals surface area contributed by atoms with Gasteiger partial charge in [0.25, 0.3) is 8.32 Å². The molecule has 5 aromatic carbocycles. The number of hydrogen-bond donors (Lipinski definition) is 3. The molecule has 0 aliphatic carbocycles. The zero-order valence-corrected chi connectivity index (χ0v) is 42.7. The van der Waals surface area contributed by atoms with Gasteiger partial charge in [-0.3, -0.25) is 9.69 Å². The summed E-state index contributed by atoms with van der Waals surface area (Å²) in [5, 5.41) is 9.06. The third-order valence-corrected chi connectivity index (χ3v) is 17.3. The lowest BCUT2D eigenvalue weighted by Gasteiger charge is -2.47. The highest BCUT2D eigenvalue weighted by Gasteiger charge is 2.52. The van der Waals surface area contributed by atoms with Crippen LogP contribution >= 0.6 is 0 Å². The molecular weight excluding hydrogens is 946 g/mol. The third kappa shape index (κ3) is 14.5. The molecule has 1 fully saturated rings. The van der Waals surface area contributed by atoms with Gasteiger partial charge in [0.2, 0.25) is 5.91 Å². The fraction of sp³-hybridized carbons (Fsp3) is 0.382. The molecule has 72 heavy (non-hydrogen) atoms. The lowest BCUT2D eigenvalue weighted by atomic mass is 9.84. The Morgan fingerprint density at radius 2 is 1.25 bits per heavy atom. The summed E-state index contributed by atoms with van der Waals surface area (Å²) in [4.78, 5) is 56.0. The van der Waals surface area contributed by atoms with Crippen LogP contribution in [0.25, 0.3) is 0 Å². The van der Waals surface area contributed by atoms with Crippen LogP contribution in [-0.4, -0.2) is 107 Å². The van der Waals surface area contributed by atoms with Crippen LogP contribution in [0.3, 0.4) is 0 Å². The molecule has 3 N–H and O–H groups in total. The maximum Gasteiger partial charge on any atom is 0.410 e. The minimum Gasteiger partial charge on any atom is -0.453 e. The number of alkyl carbamates (subject to hydrolysis) is 2. The van der Waals surface area contributed by atoms with Crippen LogP contribution < -0.4 is 26.3 Å². The lowest BCUT2D eigenvalue weighted by Crippen LogP contribution is -2.68. The first-order valence-electron chi connectivity index (χ1n) is 23.9. The quantitative estimate of drug-likeness (QED) is 0.0611. The Labute approximate surface area is 420 Å². The van der Waals surface area contributed by atoms with Crippen LogP contribution in [0.1, 0.15) is 70.6 Å². The summed E-state index contributed by atoms with van der Waals surface area (Å²) >= 11 is 0. The van der Waals surface area contributed by atoms with Crippen molar-refractivity contribution in [2.75, 3.05) is 38.7 Å². The summed E-state index contributed by atoms with van der Waals surface area (Å²) in [6.45, 7) is 9.11. The number of rotatable bonds is 17. The van der Waals surface area contributed by atoms with E-state index in [-0.39, 0.29) is 13.2 Å². The summed E-state index contributed by atoms with van der Waals surface area (Å²) in [5.74, 6) is -1.11. The SMILES string of the molecule is COC(=O)N[C@H](C(=O)Nc1ccccc1CC[C@@H]1CN(C(=O)OC(C)(C)C)[C@H](COC(=O)NCC(F)(F)F)[C@@H](CO[Si](c2ccccc2)(c2ccccc2)C(C)(C)C)O1)C(c1ccccc1)c1ccccc1. The van der Waals surface area contributed by atoms with Crippen LogP contribution in [0.4, 0.5) is 33.2 Å². The Balaban J connectivity index is 1.34. The van der Waals surface area contributed by atoms with E-state index in [9.17, 15) is 32.3 Å². The van der Waals surface area contributed by atoms with Crippen LogP contribution in [0, 0.1) is 0 Å². The molecule has 0 spiro atoms. The Morgan fingerprint density at radius 3 is 1.76 bits per heavy atom. The maximum atomic E-state index is 14.6. The number of benzene rings is 5. The fourth-order valence-corrected chi connectivity index (χ4v) is 13.7. The molecule has 1 aliphatic heterocycles. The Hall–Kier alpha value is -6.69. The van der Waals surface area contributed by atoms with Crippen LogP contribution in [-0.2, 0) is 34.6 Å². The van der Waals surface area contributed by atoms with Crippen molar-refractivity contribution in [2.45, 2.75) is 101 Å². The molecule has 0 saturated carbocycles. The van der Waals surface area contributed by atoms with Gasteiger partial charge < -0.3 is 39.3 Å². The van der Waals surface area contributed by atoms with Gasteiger partial charge in [-0.25, -0.2) is 14.4 Å². The van der Waals surface area contributed by atoms with E-state index in [0.29, 0.717) is 18.5 Å². The second kappa shape index (κ2) is 24.1. The molecule has 0 radical (unpaired) electrons. The first-order valence-corrected chi connectivity index (χ1v) is 25.8. The first kappa shape index (κ1) is 54.6. The number of alkyl halides is 3. The van der Waals surface area contributed by atoms with Gasteiger partial charge in [0.15, 0.2) is 0 Å². The molecule has 384 valence electrons. The topological polar surface area (TPSA) is 154 Å². The summed E-state index contributed by atoms with van der Waals surface area (Å²) < 4.78 is 70.0. The average molecular weight is 1010 g/mol. The van der Waals surface area contributed by atoms with Gasteiger partial charge in [-0.2, -0.15) is 13.2 Å². The van der Waals surface area contributed by atoms with E-state index in [2.05, 4.69) is 31.4 Å². The van der Waals surface area contributed by atoms with Crippen molar-refractivity contribution in [3.8, 4) is 0 Å². The van der Waals surface area contributed by atoms with Crippen molar-refractivity contribution in [1.82, 2.24) is 15.5 Å². The largest absolute Gasteiger partial charge is 0.453 e. The molecule has 4 atom stereocenters. The number of carbonyl (C=O) groups excluding carboxylic acids is 4. The molecule has 1 saturated heterocycles. The van der Waals surface area contributed by atoms with Gasteiger partial charge in [0, 0.05) is 11.6 Å². The number of aryl methyl sites for hydroxylation is 1. The van der Waals surface area contributed by atoms with Crippen LogP contribution in [0.15, 0.2) is 146 Å². The summed E-state index contributed by atoms with van der Waals surface area (Å²) in [6, 6.07) is 43.6. The summed E-state index contributed by atoms with van der Waals surface area (Å²) in [7, 11) is -2.02. The van der Waals surface area contributed by atoms with Gasteiger partial charge in [-0.1, -0.05) is 160 Å². The highest BCUT2D eigenvalue weighted by Crippen LogP contribution is 2.38. The number of anilines is 1. The number of morpholine rings is 1. The molecular formula is C55H65F3N4O9Si. The second-order valence-corrected chi connectivity index (χ2v) is 23.9. The maximum absolute atomic E-state index is 14.6. The molecule has 13 nitrogen and oxygen atoms in total. The predicted molar refractivity (Wildman–Crippen MR) is 272 cm³/mol. The predicted octanol–water partition coefficient (Wildman–Crippen LogP) is 9.35. The summed E-state index contributed by atoms with van der Waals surface area (Å²) in [6.07, 6.45) is -8.64. The average Bonchev–Trinajstić information content (AvgIpc) is 3.35. The number of hydrogen-bond acceptors (Lipinski definition) is 9. The zero-order valence-electron chi connectivity index (χ0n) is 41.7. The van der Waals surface area contributed by atoms with Crippen LogP contribution in [0.2, 0.25) is 5.04 Å². The van der Waals surface area contributed by atoms with E-state index in [0.717, 1.165) is 27.1 Å². The van der Waals surface area contributed by atoms with Gasteiger partial charge >= 0.3 is 24.5 Å². The van der Waals surface area contributed by atoms with Gasteiger partial charge in [0.05, 0.1) is 32.4 Å². The molecule has 0 aromatic heterocycles. The van der Waals surface area contributed by atoms with E-state index >= 15 is 0 Å². The molecule has 0 unspecified atom stereocenters. The monoisotopic (exact) mass is 1010 g/mol. The molecule has 17 heteroatoms. The number of methoxy groups -OCH3 is 1. The lowest BCUT2D eigenvalue weighted by molar-refractivity contribution is -0.141. The van der Waals surface area contributed by atoms with E-state index in [1.54, 1.807) is 38.2 Å². The van der Waals surface area contributed by atoms with Crippen molar-refractivity contribution in [3.05, 3.63) is 162 Å². The van der Waals surface area contributed by atoms with Crippen molar-refractivity contribution >= 4 is 48.6 Å². The van der Waals surface area contributed by atoms with Crippen LogP contribution in [0.5, 0.6) is 0 Å².